The van der Waals surface area contributed by atoms with Crippen molar-refractivity contribution in [2.24, 2.45) is 0 Å². The summed E-state index contributed by atoms with van der Waals surface area (Å²) in [6, 6.07) is 13.8. The van der Waals surface area contributed by atoms with Crippen LogP contribution in [0.2, 0.25) is 5.02 Å². The maximum absolute atomic E-state index is 11.6. The zero-order chi connectivity index (χ0) is 24.1. The molecule has 1 N–H and O–H groups in total. The predicted molar refractivity (Wildman–Crippen MR) is 138 cm³/mol. The maximum Gasteiger partial charge on any atom is 0.219 e. The van der Waals surface area contributed by atoms with Crippen molar-refractivity contribution >= 4 is 33.4 Å². The first kappa shape index (κ1) is 25.5. The number of β-amino-alcohol motifs (C(OH)–C–C–N with tert-alkyl or cyclic N) is 1. The lowest BCUT2D eigenvalue weighted by Crippen LogP contribution is -2.55. The van der Waals surface area contributed by atoms with Gasteiger partial charge >= 0.3 is 0 Å². The molecule has 2 aliphatic heterocycles. The molecular formula is C26H33BrClN3O3. The standard InChI is InChI=1S/C26H33BrClN3O3/c1-20(32)31-14-12-30(13-15-31)19-26(33)8-10-29(11-9-26)17-22-16-23(27)4-7-25(22)34-18-21-2-5-24(28)6-3-21/h2-7,16,33H,8-15,17-19H2,1H3. The van der Waals surface area contributed by atoms with Gasteiger partial charge in [0, 0.05) is 74.3 Å². The van der Waals surface area contributed by atoms with Gasteiger partial charge in [-0.05, 0) is 48.7 Å². The molecule has 2 saturated heterocycles. The van der Waals surface area contributed by atoms with Gasteiger partial charge in [-0.3, -0.25) is 14.6 Å². The van der Waals surface area contributed by atoms with Crippen LogP contribution in [0.25, 0.3) is 0 Å². The van der Waals surface area contributed by atoms with E-state index >= 15 is 0 Å². The van der Waals surface area contributed by atoms with Gasteiger partial charge in [0.1, 0.15) is 12.4 Å². The average molecular weight is 551 g/mol. The smallest absolute Gasteiger partial charge is 0.219 e. The van der Waals surface area contributed by atoms with Gasteiger partial charge in [-0.2, -0.15) is 0 Å². The Morgan fingerprint density at radius 1 is 1.03 bits per heavy atom. The largest absolute Gasteiger partial charge is 0.489 e. The van der Waals surface area contributed by atoms with Crippen LogP contribution < -0.4 is 4.74 Å². The van der Waals surface area contributed by atoms with Gasteiger partial charge in [-0.15, -0.1) is 0 Å². The molecule has 2 fully saturated rings. The molecule has 8 heteroatoms. The molecule has 0 saturated carbocycles. The molecule has 1 amide bonds. The van der Waals surface area contributed by atoms with Crippen LogP contribution in [0.1, 0.15) is 30.9 Å². The summed E-state index contributed by atoms with van der Waals surface area (Å²) >= 11 is 9.58. The second kappa shape index (κ2) is 11.4. The summed E-state index contributed by atoms with van der Waals surface area (Å²) in [6.07, 6.45) is 1.49. The lowest BCUT2D eigenvalue weighted by molar-refractivity contribution is -0.131. The molecule has 4 rings (SSSR count). The van der Waals surface area contributed by atoms with Crippen LogP contribution in [0.5, 0.6) is 5.75 Å². The quantitative estimate of drug-likeness (QED) is 0.561. The number of carbonyl (C=O) groups is 1. The fraction of sp³-hybridized carbons (Fsp3) is 0.500. The molecular weight excluding hydrogens is 518 g/mol. The van der Waals surface area contributed by atoms with Crippen molar-refractivity contribution in [3.05, 3.63) is 63.1 Å². The molecule has 2 aromatic carbocycles. The zero-order valence-electron chi connectivity index (χ0n) is 19.7. The van der Waals surface area contributed by atoms with Crippen LogP contribution in [0, 0.1) is 0 Å². The highest BCUT2D eigenvalue weighted by Gasteiger charge is 2.35. The summed E-state index contributed by atoms with van der Waals surface area (Å²) in [5.41, 5.74) is 1.54. The highest BCUT2D eigenvalue weighted by molar-refractivity contribution is 9.10. The van der Waals surface area contributed by atoms with Crippen molar-refractivity contribution in [3.63, 3.8) is 0 Å². The topological polar surface area (TPSA) is 56.2 Å². The lowest BCUT2D eigenvalue weighted by atomic mass is 9.90. The fourth-order valence-electron chi connectivity index (χ4n) is 4.72. The highest BCUT2D eigenvalue weighted by Crippen LogP contribution is 2.29. The van der Waals surface area contributed by atoms with Crippen LogP contribution in [0.4, 0.5) is 0 Å². The third kappa shape index (κ3) is 6.95. The SMILES string of the molecule is CC(=O)N1CCN(CC2(O)CCN(Cc3cc(Br)ccc3OCc3ccc(Cl)cc3)CC2)CC1. The van der Waals surface area contributed by atoms with Crippen LogP contribution in [0.3, 0.4) is 0 Å². The number of nitrogens with zero attached hydrogens (tertiary/aromatic N) is 3. The molecule has 2 aliphatic rings. The number of hydrogen-bond donors (Lipinski definition) is 1. The van der Waals surface area contributed by atoms with Crippen LogP contribution in [-0.4, -0.2) is 77.1 Å². The van der Waals surface area contributed by atoms with Crippen LogP contribution >= 0.6 is 27.5 Å². The molecule has 0 aliphatic carbocycles. The fourth-order valence-corrected chi connectivity index (χ4v) is 5.25. The molecule has 0 unspecified atom stereocenters. The van der Waals surface area contributed by atoms with E-state index in [-0.39, 0.29) is 5.91 Å². The minimum atomic E-state index is -0.667. The van der Waals surface area contributed by atoms with Crippen molar-refractivity contribution in [2.45, 2.75) is 38.5 Å². The minimum Gasteiger partial charge on any atom is -0.489 e. The van der Waals surface area contributed by atoms with Gasteiger partial charge in [-0.25, -0.2) is 0 Å². The summed E-state index contributed by atoms with van der Waals surface area (Å²) in [5, 5.41) is 11.9. The number of hydrogen-bond acceptors (Lipinski definition) is 5. The first-order valence-electron chi connectivity index (χ1n) is 11.9. The number of likely N-dealkylation sites (tertiary alicyclic amines) is 1. The Morgan fingerprint density at radius 3 is 2.35 bits per heavy atom. The van der Waals surface area contributed by atoms with Crippen molar-refractivity contribution < 1.29 is 14.6 Å². The maximum atomic E-state index is 11.6. The number of piperazine rings is 1. The van der Waals surface area contributed by atoms with E-state index in [0.717, 1.165) is 85.0 Å². The van der Waals surface area contributed by atoms with Gasteiger partial charge in [0.25, 0.3) is 0 Å². The van der Waals surface area contributed by atoms with Crippen LogP contribution in [-0.2, 0) is 17.9 Å². The Labute approximate surface area is 215 Å². The summed E-state index contributed by atoms with van der Waals surface area (Å²) < 4.78 is 7.18. The molecule has 0 radical (unpaired) electrons. The first-order valence-corrected chi connectivity index (χ1v) is 13.1. The monoisotopic (exact) mass is 549 g/mol. The molecule has 0 aromatic heterocycles. The normalized spacial score (nSPS) is 19.2. The van der Waals surface area contributed by atoms with Gasteiger partial charge < -0.3 is 14.7 Å². The van der Waals surface area contributed by atoms with E-state index in [1.165, 1.54) is 0 Å². The first-order chi connectivity index (χ1) is 16.3. The van der Waals surface area contributed by atoms with E-state index < -0.39 is 5.60 Å². The lowest BCUT2D eigenvalue weighted by Gasteiger charge is -2.43. The van der Waals surface area contributed by atoms with Crippen molar-refractivity contribution in [1.82, 2.24) is 14.7 Å². The van der Waals surface area contributed by atoms with Crippen molar-refractivity contribution in [1.29, 1.82) is 0 Å². The molecule has 34 heavy (non-hydrogen) atoms. The van der Waals surface area contributed by atoms with E-state index in [2.05, 4.69) is 31.8 Å². The predicted octanol–water partition coefficient (Wildman–Crippen LogP) is 4.17. The molecule has 184 valence electrons. The number of piperidine rings is 1. The summed E-state index contributed by atoms with van der Waals surface area (Å²) in [6.45, 7) is 8.41. The van der Waals surface area contributed by atoms with E-state index in [1.807, 2.05) is 41.3 Å². The molecule has 2 aromatic rings. The molecule has 0 atom stereocenters. The summed E-state index contributed by atoms with van der Waals surface area (Å²) in [5.74, 6) is 1.01. The van der Waals surface area contributed by atoms with E-state index in [1.54, 1.807) is 6.92 Å². The van der Waals surface area contributed by atoms with Gasteiger partial charge in [0.15, 0.2) is 0 Å². The van der Waals surface area contributed by atoms with Gasteiger partial charge in [0.05, 0.1) is 5.60 Å². The summed E-state index contributed by atoms with van der Waals surface area (Å²) in [7, 11) is 0. The highest BCUT2D eigenvalue weighted by atomic mass is 79.9. The second-order valence-electron chi connectivity index (χ2n) is 9.45. The molecule has 6 nitrogen and oxygen atoms in total. The number of benzene rings is 2. The minimum absolute atomic E-state index is 0.135. The molecule has 0 bridgehead atoms. The third-order valence-electron chi connectivity index (χ3n) is 6.85. The number of aliphatic hydroxyl groups is 1. The molecule has 2 heterocycles. The van der Waals surface area contributed by atoms with Crippen molar-refractivity contribution in [3.8, 4) is 5.75 Å². The average Bonchev–Trinajstić information content (AvgIpc) is 2.81. The molecule has 0 spiro atoms. The van der Waals surface area contributed by atoms with Crippen LogP contribution in [0.15, 0.2) is 46.9 Å². The number of amides is 1. The zero-order valence-corrected chi connectivity index (χ0v) is 22.0. The second-order valence-corrected chi connectivity index (χ2v) is 10.8. The Hall–Kier alpha value is -1.64. The van der Waals surface area contributed by atoms with Gasteiger partial charge in [-0.1, -0.05) is 39.7 Å². The van der Waals surface area contributed by atoms with E-state index in [0.29, 0.717) is 13.2 Å². The Balaban J connectivity index is 1.30. The number of ether oxygens (including phenoxy) is 1. The summed E-state index contributed by atoms with van der Waals surface area (Å²) in [4.78, 5) is 18.1. The van der Waals surface area contributed by atoms with E-state index in [4.69, 9.17) is 16.3 Å². The third-order valence-corrected chi connectivity index (χ3v) is 7.59. The van der Waals surface area contributed by atoms with Gasteiger partial charge in [0.2, 0.25) is 5.91 Å². The Morgan fingerprint density at radius 2 is 1.71 bits per heavy atom. The number of carbonyl (C=O) groups excluding carboxylic acids is 1. The van der Waals surface area contributed by atoms with Crippen molar-refractivity contribution in [2.75, 3.05) is 45.8 Å². The Kier molecular flexibility index (Phi) is 8.53. The number of rotatable bonds is 7. The Bertz CT molecular complexity index is 972. The van der Waals surface area contributed by atoms with E-state index in [9.17, 15) is 9.90 Å². The number of halogens is 2.